The molecule has 0 aliphatic carbocycles. The SMILES string of the molecule is COc1ccccc1CCC(=O)NCCN1CCOCC1=O. The molecule has 0 aromatic heterocycles. The van der Waals surface area contributed by atoms with E-state index in [0.717, 1.165) is 11.3 Å². The maximum atomic E-state index is 11.9. The van der Waals surface area contributed by atoms with Gasteiger partial charge in [0.25, 0.3) is 0 Å². The van der Waals surface area contributed by atoms with Gasteiger partial charge in [0.1, 0.15) is 12.4 Å². The molecule has 22 heavy (non-hydrogen) atoms. The van der Waals surface area contributed by atoms with Crippen LogP contribution in [-0.2, 0) is 20.7 Å². The third-order valence-electron chi connectivity index (χ3n) is 3.60. The van der Waals surface area contributed by atoms with Crippen molar-refractivity contribution in [3.8, 4) is 5.75 Å². The molecule has 2 rings (SSSR count). The molecule has 0 unspecified atom stereocenters. The van der Waals surface area contributed by atoms with Crippen LogP contribution in [0.25, 0.3) is 0 Å². The van der Waals surface area contributed by atoms with Crippen LogP contribution in [0.4, 0.5) is 0 Å². The number of carbonyl (C=O) groups is 2. The molecule has 6 heteroatoms. The van der Waals surface area contributed by atoms with E-state index in [0.29, 0.717) is 39.1 Å². The number of ether oxygens (including phenoxy) is 2. The predicted octanol–water partition coefficient (Wildman–Crippen LogP) is 0.603. The molecule has 1 N–H and O–H groups in total. The lowest BCUT2D eigenvalue weighted by Gasteiger charge is -2.26. The van der Waals surface area contributed by atoms with E-state index in [-0.39, 0.29) is 18.4 Å². The van der Waals surface area contributed by atoms with Crippen molar-refractivity contribution in [3.63, 3.8) is 0 Å². The van der Waals surface area contributed by atoms with Crippen molar-refractivity contribution < 1.29 is 19.1 Å². The van der Waals surface area contributed by atoms with E-state index < -0.39 is 0 Å². The number of nitrogens with one attached hydrogen (secondary N) is 1. The van der Waals surface area contributed by atoms with Crippen LogP contribution < -0.4 is 10.1 Å². The zero-order valence-corrected chi connectivity index (χ0v) is 12.8. The standard InChI is InChI=1S/C16H22N2O4/c1-21-14-5-3-2-4-13(14)6-7-15(19)17-8-9-18-10-11-22-12-16(18)20/h2-5H,6-12H2,1H3,(H,17,19). The molecule has 1 fully saturated rings. The molecule has 0 bridgehead atoms. The van der Waals surface area contributed by atoms with Crippen molar-refractivity contribution in [3.05, 3.63) is 29.8 Å². The molecule has 1 saturated heterocycles. The van der Waals surface area contributed by atoms with Gasteiger partial charge in [0, 0.05) is 26.1 Å². The maximum Gasteiger partial charge on any atom is 0.248 e. The first-order valence-corrected chi connectivity index (χ1v) is 7.45. The molecule has 1 heterocycles. The minimum absolute atomic E-state index is 0.0190. The zero-order chi connectivity index (χ0) is 15.8. The summed E-state index contributed by atoms with van der Waals surface area (Å²) in [7, 11) is 1.62. The van der Waals surface area contributed by atoms with E-state index in [4.69, 9.17) is 9.47 Å². The molecule has 0 atom stereocenters. The third kappa shape index (κ3) is 4.73. The zero-order valence-electron chi connectivity index (χ0n) is 12.8. The Balaban J connectivity index is 1.68. The molecule has 0 radical (unpaired) electrons. The summed E-state index contributed by atoms with van der Waals surface area (Å²) in [6, 6.07) is 7.68. The van der Waals surface area contributed by atoms with Crippen LogP contribution in [0.15, 0.2) is 24.3 Å². The fourth-order valence-corrected chi connectivity index (χ4v) is 2.36. The van der Waals surface area contributed by atoms with E-state index in [2.05, 4.69) is 5.32 Å². The third-order valence-corrected chi connectivity index (χ3v) is 3.60. The van der Waals surface area contributed by atoms with Gasteiger partial charge in [0.2, 0.25) is 11.8 Å². The number of amides is 2. The van der Waals surface area contributed by atoms with Crippen LogP contribution in [-0.4, -0.2) is 56.7 Å². The van der Waals surface area contributed by atoms with Crippen LogP contribution in [0.2, 0.25) is 0 Å². The number of nitrogens with zero attached hydrogens (tertiary/aromatic N) is 1. The summed E-state index contributed by atoms with van der Waals surface area (Å²) in [6.07, 6.45) is 1.03. The maximum absolute atomic E-state index is 11.9. The van der Waals surface area contributed by atoms with Crippen molar-refractivity contribution in [1.29, 1.82) is 0 Å². The fraction of sp³-hybridized carbons (Fsp3) is 0.500. The minimum atomic E-state index is -0.0217. The summed E-state index contributed by atoms with van der Waals surface area (Å²) >= 11 is 0. The Kier molecular flexibility index (Phi) is 6.21. The van der Waals surface area contributed by atoms with Gasteiger partial charge in [-0.15, -0.1) is 0 Å². The highest BCUT2D eigenvalue weighted by Gasteiger charge is 2.17. The van der Waals surface area contributed by atoms with E-state index in [1.807, 2.05) is 24.3 Å². The molecule has 1 aromatic rings. The summed E-state index contributed by atoms with van der Waals surface area (Å²) in [4.78, 5) is 25.1. The first-order chi connectivity index (χ1) is 10.7. The number of carbonyl (C=O) groups excluding carboxylic acids is 2. The number of para-hydroxylation sites is 1. The Morgan fingerprint density at radius 1 is 1.41 bits per heavy atom. The van der Waals surface area contributed by atoms with Gasteiger partial charge < -0.3 is 19.7 Å². The van der Waals surface area contributed by atoms with Gasteiger partial charge in [-0.25, -0.2) is 0 Å². The highest BCUT2D eigenvalue weighted by Crippen LogP contribution is 2.18. The summed E-state index contributed by atoms with van der Waals surface area (Å²) in [5.41, 5.74) is 1.02. The minimum Gasteiger partial charge on any atom is -0.496 e. The second-order valence-corrected chi connectivity index (χ2v) is 5.10. The van der Waals surface area contributed by atoms with E-state index >= 15 is 0 Å². The predicted molar refractivity (Wildman–Crippen MR) is 81.7 cm³/mol. The van der Waals surface area contributed by atoms with E-state index in [9.17, 15) is 9.59 Å². The van der Waals surface area contributed by atoms with Crippen LogP contribution in [0.3, 0.4) is 0 Å². The Hall–Kier alpha value is -2.08. The van der Waals surface area contributed by atoms with E-state index in [1.54, 1.807) is 12.0 Å². The first-order valence-electron chi connectivity index (χ1n) is 7.45. The largest absolute Gasteiger partial charge is 0.496 e. The van der Waals surface area contributed by atoms with E-state index in [1.165, 1.54) is 0 Å². The smallest absolute Gasteiger partial charge is 0.248 e. The molecule has 120 valence electrons. The highest BCUT2D eigenvalue weighted by molar-refractivity contribution is 5.78. The van der Waals surface area contributed by atoms with Crippen LogP contribution in [0, 0.1) is 0 Å². The normalized spacial score (nSPS) is 14.8. The van der Waals surface area contributed by atoms with Crippen molar-refractivity contribution in [2.75, 3.05) is 40.0 Å². The molecule has 1 aliphatic heterocycles. The lowest BCUT2D eigenvalue weighted by Crippen LogP contribution is -2.45. The van der Waals surface area contributed by atoms with Crippen molar-refractivity contribution in [1.82, 2.24) is 10.2 Å². The number of hydrogen-bond donors (Lipinski definition) is 1. The molecule has 0 spiro atoms. The highest BCUT2D eigenvalue weighted by atomic mass is 16.5. The molecule has 1 aliphatic rings. The monoisotopic (exact) mass is 306 g/mol. The van der Waals surface area contributed by atoms with Crippen molar-refractivity contribution >= 4 is 11.8 Å². The number of rotatable bonds is 7. The molecule has 1 aromatic carbocycles. The quantitative estimate of drug-likeness (QED) is 0.801. The Morgan fingerprint density at radius 3 is 3.00 bits per heavy atom. The topological polar surface area (TPSA) is 67.9 Å². The molecular weight excluding hydrogens is 284 g/mol. The Labute approximate surface area is 130 Å². The summed E-state index contributed by atoms with van der Waals surface area (Å²) < 4.78 is 10.3. The Morgan fingerprint density at radius 2 is 2.23 bits per heavy atom. The second kappa shape index (κ2) is 8.38. The molecule has 2 amide bonds. The molecular formula is C16H22N2O4. The van der Waals surface area contributed by atoms with Gasteiger partial charge >= 0.3 is 0 Å². The number of hydrogen-bond acceptors (Lipinski definition) is 4. The summed E-state index contributed by atoms with van der Waals surface area (Å²) in [6.45, 7) is 2.30. The number of morpholine rings is 1. The Bertz CT molecular complexity index is 519. The van der Waals surface area contributed by atoms with Crippen molar-refractivity contribution in [2.45, 2.75) is 12.8 Å². The number of methoxy groups -OCH3 is 1. The molecule has 0 saturated carbocycles. The van der Waals surface area contributed by atoms with Gasteiger partial charge in [-0.3, -0.25) is 9.59 Å². The summed E-state index contributed by atoms with van der Waals surface area (Å²) in [5.74, 6) is 0.760. The second-order valence-electron chi connectivity index (χ2n) is 5.10. The van der Waals surface area contributed by atoms with Gasteiger partial charge in [0.15, 0.2) is 0 Å². The van der Waals surface area contributed by atoms with Gasteiger partial charge in [-0.05, 0) is 18.1 Å². The average molecular weight is 306 g/mol. The van der Waals surface area contributed by atoms with Gasteiger partial charge in [-0.1, -0.05) is 18.2 Å². The lowest BCUT2D eigenvalue weighted by atomic mass is 10.1. The van der Waals surface area contributed by atoms with Crippen LogP contribution in [0.5, 0.6) is 5.75 Å². The van der Waals surface area contributed by atoms with Gasteiger partial charge in [-0.2, -0.15) is 0 Å². The average Bonchev–Trinajstić information content (AvgIpc) is 2.55. The molecule has 6 nitrogen and oxygen atoms in total. The lowest BCUT2D eigenvalue weighted by molar-refractivity contribution is -0.142. The van der Waals surface area contributed by atoms with Crippen LogP contribution in [0.1, 0.15) is 12.0 Å². The number of aryl methyl sites for hydroxylation is 1. The van der Waals surface area contributed by atoms with Crippen molar-refractivity contribution in [2.24, 2.45) is 0 Å². The van der Waals surface area contributed by atoms with Crippen LogP contribution >= 0.6 is 0 Å². The number of benzene rings is 1. The summed E-state index contributed by atoms with van der Waals surface area (Å²) in [5, 5.41) is 2.84. The van der Waals surface area contributed by atoms with Gasteiger partial charge in [0.05, 0.1) is 13.7 Å². The fourth-order valence-electron chi connectivity index (χ4n) is 2.36. The first kappa shape index (κ1) is 16.3.